The highest BCUT2D eigenvalue weighted by molar-refractivity contribution is 6.09. The van der Waals surface area contributed by atoms with Gasteiger partial charge in [0.2, 0.25) is 0 Å². The molecule has 1 aliphatic carbocycles. The number of rotatable bonds is 3. The highest BCUT2D eigenvalue weighted by atomic mass is 16.3. The summed E-state index contributed by atoms with van der Waals surface area (Å²) in [5, 5.41) is 0. The normalized spacial score (nSPS) is 15.4. The van der Waals surface area contributed by atoms with Gasteiger partial charge in [-0.25, -0.2) is 0 Å². The van der Waals surface area contributed by atoms with E-state index in [9.17, 15) is 4.79 Å². The fourth-order valence-corrected chi connectivity index (χ4v) is 2.45. The van der Waals surface area contributed by atoms with E-state index in [1.165, 1.54) is 24.8 Å². The molecule has 0 unspecified atom stereocenters. The lowest BCUT2D eigenvalue weighted by Crippen LogP contribution is -2.10. The summed E-state index contributed by atoms with van der Waals surface area (Å²) in [4.78, 5) is 12.3. The second-order valence-corrected chi connectivity index (χ2v) is 4.97. The molecule has 92 valence electrons. The Morgan fingerprint density at radius 3 is 2.72 bits per heavy atom. The molecule has 1 saturated carbocycles. The minimum atomic E-state index is 0.0578. The first kappa shape index (κ1) is 11.3. The number of benzene rings is 1. The molecular formula is C16H16O2. The molecule has 1 aliphatic rings. The van der Waals surface area contributed by atoms with Crippen LogP contribution < -0.4 is 0 Å². The number of aryl methyl sites for hydroxylation is 1. The third-order valence-corrected chi connectivity index (χ3v) is 3.83. The van der Waals surface area contributed by atoms with Crippen molar-refractivity contribution in [2.75, 3.05) is 0 Å². The molecule has 0 saturated heterocycles. The molecule has 3 rings (SSSR count). The number of ketones is 1. The Bertz CT molecular complexity index is 576. The predicted octanol–water partition coefficient (Wildman–Crippen LogP) is 4.09. The molecule has 0 N–H and O–H groups in total. The number of furan rings is 1. The van der Waals surface area contributed by atoms with E-state index in [-0.39, 0.29) is 5.78 Å². The second kappa shape index (κ2) is 4.45. The maximum atomic E-state index is 12.3. The van der Waals surface area contributed by atoms with Crippen molar-refractivity contribution >= 4 is 5.78 Å². The smallest absolute Gasteiger partial charge is 0.196 e. The Morgan fingerprint density at radius 2 is 2.11 bits per heavy atom. The Labute approximate surface area is 107 Å². The molecule has 0 amide bonds. The average Bonchev–Trinajstić information content (AvgIpc) is 2.73. The van der Waals surface area contributed by atoms with Crippen LogP contribution in [0.15, 0.2) is 41.0 Å². The van der Waals surface area contributed by atoms with Gasteiger partial charge in [0.1, 0.15) is 5.76 Å². The molecule has 0 aliphatic heterocycles. The van der Waals surface area contributed by atoms with Crippen LogP contribution in [0.4, 0.5) is 0 Å². The van der Waals surface area contributed by atoms with Crippen molar-refractivity contribution < 1.29 is 9.21 Å². The molecule has 0 radical (unpaired) electrons. The molecule has 2 nitrogen and oxygen atoms in total. The van der Waals surface area contributed by atoms with Crippen molar-refractivity contribution in [3.8, 4) is 0 Å². The van der Waals surface area contributed by atoms with E-state index in [2.05, 4.69) is 6.07 Å². The fraction of sp³-hybridized carbons (Fsp3) is 0.312. The summed E-state index contributed by atoms with van der Waals surface area (Å²) >= 11 is 0. The summed E-state index contributed by atoms with van der Waals surface area (Å²) in [6.45, 7) is 1.82. The zero-order chi connectivity index (χ0) is 12.5. The lowest BCUT2D eigenvalue weighted by Gasteiger charge is -2.26. The molecule has 2 heteroatoms. The number of hydrogen-bond donors (Lipinski definition) is 0. The van der Waals surface area contributed by atoms with Gasteiger partial charge in [-0.2, -0.15) is 0 Å². The van der Waals surface area contributed by atoms with E-state index in [0.717, 1.165) is 5.56 Å². The van der Waals surface area contributed by atoms with E-state index >= 15 is 0 Å². The highest BCUT2D eigenvalue weighted by Gasteiger charge is 2.21. The van der Waals surface area contributed by atoms with E-state index in [0.29, 0.717) is 17.2 Å². The first-order valence-electron chi connectivity index (χ1n) is 6.44. The topological polar surface area (TPSA) is 30.2 Å². The van der Waals surface area contributed by atoms with Crippen LogP contribution >= 0.6 is 0 Å². The maximum Gasteiger partial charge on any atom is 0.196 e. The monoisotopic (exact) mass is 240 g/mol. The van der Waals surface area contributed by atoms with Gasteiger partial charge < -0.3 is 4.42 Å². The summed E-state index contributed by atoms with van der Waals surface area (Å²) in [5.41, 5.74) is 2.73. The van der Waals surface area contributed by atoms with Crippen LogP contribution in [0.5, 0.6) is 0 Å². The standard InChI is InChI=1S/C16H16O2/c1-11-15(8-9-18-11)16(17)14-7-3-6-13(10-14)12-4-2-5-12/h3,6-10,12H,2,4-5H2,1H3. The van der Waals surface area contributed by atoms with Gasteiger partial charge in [-0.3, -0.25) is 4.79 Å². The molecule has 0 atom stereocenters. The highest BCUT2D eigenvalue weighted by Crippen LogP contribution is 2.36. The van der Waals surface area contributed by atoms with Crippen LogP contribution in [0.2, 0.25) is 0 Å². The van der Waals surface area contributed by atoms with Crippen molar-refractivity contribution in [2.45, 2.75) is 32.1 Å². The fourth-order valence-electron chi connectivity index (χ4n) is 2.45. The van der Waals surface area contributed by atoms with Crippen LogP contribution in [-0.2, 0) is 0 Å². The zero-order valence-corrected chi connectivity index (χ0v) is 10.5. The molecule has 18 heavy (non-hydrogen) atoms. The largest absolute Gasteiger partial charge is 0.469 e. The summed E-state index contributed by atoms with van der Waals surface area (Å²) in [7, 11) is 0. The van der Waals surface area contributed by atoms with Gasteiger partial charge in [0.05, 0.1) is 11.8 Å². The lowest BCUT2D eigenvalue weighted by molar-refractivity contribution is 0.103. The van der Waals surface area contributed by atoms with Crippen molar-refractivity contribution in [3.05, 3.63) is 59.0 Å². The van der Waals surface area contributed by atoms with E-state index in [1.807, 2.05) is 25.1 Å². The summed E-state index contributed by atoms with van der Waals surface area (Å²) in [6.07, 6.45) is 5.38. The molecule has 0 bridgehead atoms. The molecule has 1 fully saturated rings. The first-order valence-corrected chi connectivity index (χ1v) is 6.44. The van der Waals surface area contributed by atoms with Crippen LogP contribution in [0, 0.1) is 6.92 Å². The van der Waals surface area contributed by atoms with E-state index < -0.39 is 0 Å². The molecular weight excluding hydrogens is 224 g/mol. The van der Waals surface area contributed by atoms with E-state index in [1.54, 1.807) is 12.3 Å². The van der Waals surface area contributed by atoms with Crippen LogP contribution in [-0.4, -0.2) is 5.78 Å². The molecule has 1 aromatic carbocycles. The first-order chi connectivity index (χ1) is 8.75. The van der Waals surface area contributed by atoms with Gasteiger partial charge in [-0.15, -0.1) is 0 Å². The minimum absolute atomic E-state index is 0.0578. The Hall–Kier alpha value is -1.83. The van der Waals surface area contributed by atoms with Gasteiger partial charge in [-0.05, 0) is 43.4 Å². The summed E-state index contributed by atoms with van der Waals surface area (Å²) in [6, 6.07) is 9.78. The molecule has 2 aromatic rings. The lowest BCUT2D eigenvalue weighted by atomic mass is 9.79. The van der Waals surface area contributed by atoms with Crippen LogP contribution in [0.1, 0.15) is 52.4 Å². The van der Waals surface area contributed by atoms with Crippen molar-refractivity contribution in [1.82, 2.24) is 0 Å². The molecule has 0 spiro atoms. The van der Waals surface area contributed by atoms with Gasteiger partial charge in [0.15, 0.2) is 5.78 Å². The van der Waals surface area contributed by atoms with Crippen molar-refractivity contribution in [2.24, 2.45) is 0 Å². The van der Waals surface area contributed by atoms with Gasteiger partial charge >= 0.3 is 0 Å². The van der Waals surface area contributed by atoms with Crippen molar-refractivity contribution in [3.63, 3.8) is 0 Å². The summed E-state index contributed by atoms with van der Waals surface area (Å²) in [5.74, 6) is 1.40. The summed E-state index contributed by atoms with van der Waals surface area (Å²) < 4.78 is 5.20. The Balaban J connectivity index is 1.92. The number of carbonyl (C=O) groups excluding carboxylic acids is 1. The quantitative estimate of drug-likeness (QED) is 0.756. The number of hydrogen-bond acceptors (Lipinski definition) is 2. The van der Waals surface area contributed by atoms with E-state index in [4.69, 9.17) is 4.42 Å². The predicted molar refractivity (Wildman–Crippen MR) is 69.9 cm³/mol. The zero-order valence-electron chi connectivity index (χ0n) is 10.5. The van der Waals surface area contributed by atoms with Gasteiger partial charge in [0.25, 0.3) is 0 Å². The van der Waals surface area contributed by atoms with Gasteiger partial charge in [0, 0.05) is 5.56 Å². The third kappa shape index (κ3) is 1.88. The average molecular weight is 240 g/mol. The Kier molecular flexibility index (Phi) is 2.78. The van der Waals surface area contributed by atoms with Crippen LogP contribution in [0.25, 0.3) is 0 Å². The molecule has 1 heterocycles. The SMILES string of the molecule is Cc1occc1C(=O)c1cccc(C2CCC2)c1. The van der Waals surface area contributed by atoms with Crippen LogP contribution in [0.3, 0.4) is 0 Å². The minimum Gasteiger partial charge on any atom is -0.469 e. The second-order valence-electron chi connectivity index (χ2n) is 4.97. The Morgan fingerprint density at radius 1 is 1.28 bits per heavy atom. The number of carbonyl (C=O) groups is 1. The molecule has 1 aromatic heterocycles. The van der Waals surface area contributed by atoms with Crippen molar-refractivity contribution in [1.29, 1.82) is 0 Å². The van der Waals surface area contributed by atoms with Gasteiger partial charge in [-0.1, -0.05) is 24.6 Å². The maximum absolute atomic E-state index is 12.3. The third-order valence-electron chi connectivity index (χ3n) is 3.83.